The molecule has 0 unspecified atom stereocenters. The molecule has 0 saturated heterocycles. The Morgan fingerprint density at radius 1 is 0.778 bits per heavy atom. The van der Waals surface area contributed by atoms with Gasteiger partial charge in [0.25, 0.3) is 0 Å². The molecule has 0 aromatic carbocycles. The van der Waals surface area contributed by atoms with Gasteiger partial charge in [-0.1, -0.05) is 0 Å². The SMILES string of the molecule is FCOC(COC(F)(F)C(F)F)(OCF)OCF. The molecule has 0 aliphatic rings. The third kappa shape index (κ3) is 5.33. The maximum atomic E-state index is 12.4. The molecule has 0 N–H and O–H groups in total. The van der Waals surface area contributed by atoms with Crippen LogP contribution in [0.4, 0.5) is 30.7 Å². The van der Waals surface area contributed by atoms with Gasteiger partial charge in [0.05, 0.1) is 0 Å². The van der Waals surface area contributed by atoms with Crippen molar-refractivity contribution in [2.45, 2.75) is 18.5 Å². The molecule has 18 heavy (non-hydrogen) atoms. The number of hydrogen-bond acceptors (Lipinski definition) is 4. The van der Waals surface area contributed by atoms with E-state index in [1.807, 2.05) is 0 Å². The van der Waals surface area contributed by atoms with Crippen molar-refractivity contribution in [2.75, 3.05) is 27.2 Å². The third-order valence-corrected chi connectivity index (χ3v) is 1.52. The fraction of sp³-hybridized carbons (Fsp3) is 1.00. The predicted molar refractivity (Wildman–Crippen MR) is 40.8 cm³/mol. The molecule has 0 saturated carbocycles. The lowest BCUT2D eigenvalue weighted by Crippen LogP contribution is -2.47. The highest BCUT2D eigenvalue weighted by molar-refractivity contribution is 4.61. The van der Waals surface area contributed by atoms with Gasteiger partial charge in [-0.25, -0.2) is 22.0 Å². The van der Waals surface area contributed by atoms with Crippen LogP contribution in [-0.2, 0) is 18.9 Å². The first-order chi connectivity index (χ1) is 8.33. The van der Waals surface area contributed by atoms with Crippen molar-refractivity contribution in [1.82, 2.24) is 0 Å². The Morgan fingerprint density at radius 2 is 1.17 bits per heavy atom. The van der Waals surface area contributed by atoms with Crippen LogP contribution in [0, 0.1) is 0 Å². The van der Waals surface area contributed by atoms with Crippen molar-refractivity contribution in [2.24, 2.45) is 0 Å². The summed E-state index contributed by atoms with van der Waals surface area (Å²) in [5, 5.41) is 0. The van der Waals surface area contributed by atoms with Crippen LogP contribution in [-0.4, -0.2) is 45.7 Å². The molecule has 0 radical (unpaired) electrons. The van der Waals surface area contributed by atoms with E-state index in [9.17, 15) is 30.7 Å². The molecule has 0 aromatic rings. The Labute approximate surface area is 96.5 Å². The topological polar surface area (TPSA) is 36.9 Å². The highest BCUT2D eigenvalue weighted by atomic mass is 19.3. The average Bonchev–Trinajstić information content (AvgIpc) is 2.27. The zero-order valence-corrected chi connectivity index (χ0v) is 8.68. The van der Waals surface area contributed by atoms with E-state index in [4.69, 9.17) is 0 Å². The van der Waals surface area contributed by atoms with E-state index in [0.717, 1.165) is 0 Å². The fourth-order valence-electron chi connectivity index (χ4n) is 0.747. The Kier molecular flexibility index (Phi) is 7.43. The van der Waals surface area contributed by atoms with Crippen LogP contribution in [0.3, 0.4) is 0 Å². The molecule has 4 nitrogen and oxygen atoms in total. The van der Waals surface area contributed by atoms with Crippen LogP contribution < -0.4 is 0 Å². The molecule has 110 valence electrons. The first-order valence-electron chi connectivity index (χ1n) is 4.23. The van der Waals surface area contributed by atoms with E-state index < -0.39 is 45.7 Å². The molecule has 0 fully saturated rings. The summed E-state index contributed by atoms with van der Waals surface area (Å²) >= 11 is 0. The summed E-state index contributed by atoms with van der Waals surface area (Å²) in [5.41, 5.74) is 0. The molecular formula is C7H9F7O4. The lowest BCUT2D eigenvalue weighted by atomic mass is 10.5. The smallest absolute Gasteiger partial charge is 0.307 e. The monoisotopic (exact) mass is 290 g/mol. The third-order valence-electron chi connectivity index (χ3n) is 1.52. The van der Waals surface area contributed by atoms with Crippen LogP contribution in [0.1, 0.15) is 0 Å². The van der Waals surface area contributed by atoms with Crippen molar-refractivity contribution >= 4 is 0 Å². The zero-order valence-electron chi connectivity index (χ0n) is 8.68. The lowest BCUT2D eigenvalue weighted by molar-refractivity contribution is -0.439. The number of halogens is 7. The Balaban J connectivity index is 4.65. The first kappa shape index (κ1) is 17.4. The minimum atomic E-state index is -4.94. The quantitative estimate of drug-likeness (QED) is 0.457. The van der Waals surface area contributed by atoms with E-state index in [1.54, 1.807) is 0 Å². The van der Waals surface area contributed by atoms with Gasteiger partial charge in [0.15, 0.2) is 20.6 Å². The second-order valence-electron chi connectivity index (χ2n) is 2.59. The highest BCUT2D eigenvalue weighted by Gasteiger charge is 2.46. The Bertz CT molecular complexity index is 211. The van der Waals surface area contributed by atoms with E-state index in [0.29, 0.717) is 0 Å². The normalized spacial score (nSPS) is 13.3. The minimum Gasteiger partial charge on any atom is -0.307 e. The predicted octanol–water partition coefficient (Wildman–Crippen LogP) is 2.35. The van der Waals surface area contributed by atoms with Crippen LogP contribution in [0.25, 0.3) is 0 Å². The summed E-state index contributed by atoms with van der Waals surface area (Å²) in [6.07, 6.45) is -9.15. The largest absolute Gasteiger partial charge is 0.416 e. The van der Waals surface area contributed by atoms with Gasteiger partial charge in [0, 0.05) is 0 Å². The van der Waals surface area contributed by atoms with Crippen LogP contribution >= 0.6 is 0 Å². The van der Waals surface area contributed by atoms with Crippen molar-refractivity contribution < 1.29 is 49.7 Å². The van der Waals surface area contributed by atoms with Crippen molar-refractivity contribution in [3.63, 3.8) is 0 Å². The van der Waals surface area contributed by atoms with Crippen LogP contribution in [0.2, 0.25) is 0 Å². The van der Waals surface area contributed by atoms with Gasteiger partial charge in [0.1, 0.15) is 6.61 Å². The molecule has 0 rings (SSSR count). The summed E-state index contributed by atoms with van der Waals surface area (Å²) < 4.78 is 98.9. The van der Waals surface area contributed by atoms with Crippen molar-refractivity contribution in [3.05, 3.63) is 0 Å². The number of hydrogen-bond donors (Lipinski definition) is 0. The number of alkyl halides is 7. The summed E-state index contributed by atoms with van der Waals surface area (Å²) in [6, 6.07) is 0. The molecule has 0 aliphatic carbocycles. The van der Waals surface area contributed by atoms with Gasteiger partial charge >= 0.3 is 18.5 Å². The van der Waals surface area contributed by atoms with Crippen molar-refractivity contribution in [1.29, 1.82) is 0 Å². The second-order valence-corrected chi connectivity index (χ2v) is 2.59. The molecule has 0 amide bonds. The molecule has 0 aromatic heterocycles. The summed E-state index contributed by atoms with van der Waals surface area (Å²) in [7, 11) is 0. The highest BCUT2D eigenvalue weighted by Crippen LogP contribution is 2.27. The minimum absolute atomic E-state index is 1.68. The van der Waals surface area contributed by atoms with E-state index in [1.165, 1.54) is 0 Å². The van der Waals surface area contributed by atoms with Gasteiger partial charge < -0.3 is 4.74 Å². The molecule has 0 aliphatic heterocycles. The molecule has 0 heterocycles. The summed E-state index contributed by atoms with van der Waals surface area (Å²) in [4.78, 5) is 0. The van der Waals surface area contributed by atoms with E-state index in [-0.39, 0.29) is 0 Å². The van der Waals surface area contributed by atoms with Crippen LogP contribution in [0.5, 0.6) is 0 Å². The second kappa shape index (κ2) is 7.71. The zero-order chi connectivity index (χ0) is 14.2. The average molecular weight is 290 g/mol. The molecule has 0 atom stereocenters. The number of rotatable bonds is 10. The maximum absolute atomic E-state index is 12.4. The standard InChI is InChI=1S/C7H9F7O4/c8-2-16-6(17-3-9,18-4-10)1-15-7(13,14)5(11)12/h5H,1-4H2. The summed E-state index contributed by atoms with van der Waals surface area (Å²) in [6.45, 7) is -6.92. The van der Waals surface area contributed by atoms with Gasteiger partial charge in [-0.2, -0.15) is 8.78 Å². The van der Waals surface area contributed by atoms with Gasteiger partial charge in [0.2, 0.25) is 0 Å². The maximum Gasteiger partial charge on any atom is 0.416 e. The molecule has 11 heteroatoms. The van der Waals surface area contributed by atoms with Crippen LogP contribution in [0.15, 0.2) is 0 Å². The Hall–Kier alpha value is -0.650. The molecule has 0 bridgehead atoms. The van der Waals surface area contributed by atoms with Crippen molar-refractivity contribution in [3.8, 4) is 0 Å². The first-order valence-corrected chi connectivity index (χ1v) is 4.23. The fourth-order valence-corrected chi connectivity index (χ4v) is 0.747. The summed E-state index contributed by atoms with van der Waals surface area (Å²) in [5.74, 6) is -3.02. The van der Waals surface area contributed by atoms with Gasteiger partial charge in [-0.15, -0.1) is 0 Å². The van der Waals surface area contributed by atoms with E-state index >= 15 is 0 Å². The molecular weight excluding hydrogens is 281 g/mol. The van der Waals surface area contributed by atoms with Gasteiger partial charge in [-0.05, 0) is 0 Å². The van der Waals surface area contributed by atoms with E-state index in [2.05, 4.69) is 18.9 Å². The Morgan fingerprint density at radius 3 is 1.44 bits per heavy atom. The molecule has 0 spiro atoms. The number of ether oxygens (including phenoxy) is 4. The lowest BCUT2D eigenvalue weighted by Gasteiger charge is -2.30. The van der Waals surface area contributed by atoms with Gasteiger partial charge in [-0.3, -0.25) is 14.2 Å².